The molecule has 0 saturated heterocycles. The molecule has 104 valence electrons. The van der Waals surface area contributed by atoms with Crippen molar-refractivity contribution in [3.8, 4) is 5.75 Å². The Kier molecular flexibility index (Phi) is 4.56. The number of ether oxygens (including phenoxy) is 1. The van der Waals surface area contributed by atoms with E-state index in [1.54, 1.807) is 12.1 Å². The minimum absolute atomic E-state index is 0.0514. The van der Waals surface area contributed by atoms with Gasteiger partial charge in [-0.15, -0.1) is 0 Å². The van der Waals surface area contributed by atoms with Crippen LogP contribution >= 0.6 is 0 Å². The Morgan fingerprint density at radius 1 is 1.42 bits per heavy atom. The highest BCUT2D eigenvalue weighted by molar-refractivity contribution is 6.00. The zero-order valence-electron chi connectivity index (χ0n) is 11.6. The van der Waals surface area contributed by atoms with E-state index in [0.717, 1.165) is 25.7 Å². The standard InChI is InChI=1S/C16H21FO2/c1-3-11-6-4-7-12(10-11)16(18)15-13(17)8-5-9-14(15)19-2/h5,8-9,11-12H,3-4,6-7,10H2,1-2H3. The van der Waals surface area contributed by atoms with Crippen LogP contribution in [0.1, 0.15) is 49.4 Å². The number of methoxy groups -OCH3 is 1. The zero-order chi connectivity index (χ0) is 13.8. The summed E-state index contributed by atoms with van der Waals surface area (Å²) >= 11 is 0. The maximum absolute atomic E-state index is 13.9. The molecule has 1 aromatic carbocycles. The van der Waals surface area contributed by atoms with E-state index >= 15 is 0 Å². The van der Waals surface area contributed by atoms with Crippen LogP contribution in [0.5, 0.6) is 5.75 Å². The molecule has 0 spiro atoms. The highest BCUT2D eigenvalue weighted by Crippen LogP contribution is 2.35. The van der Waals surface area contributed by atoms with Crippen molar-refractivity contribution in [3.63, 3.8) is 0 Å². The van der Waals surface area contributed by atoms with Crippen molar-refractivity contribution in [3.05, 3.63) is 29.6 Å². The number of Topliss-reactive ketones (excluding diaryl/α,β-unsaturated/α-hetero) is 1. The second kappa shape index (κ2) is 6.18. The van der Waals surface area contributed by atoms with Gasteiger partial charge in [-0.2, -0.15) is 0 Å². The van der Waals surface area contributed by atoms with E-state index in [9.17, 15) is 9.18 Å². The lowest BCUT2D eigenvalue weighted by Gasteiger charge is -2.27. The summed E-state index contributed by atoms with van der Waals surface area (Å²) < 4.78 is 19.1. The molecule has 1 aromatic rings. The molecule has 0 bridgehead atoms. The third-order valence-corrected chi connectivity index (χ3v) is 4.17. The fourth-order valence-corrected chi connectivity index (χ4v) is 3.02. The molecule has 2 rings (SSSR count). The van der Waals surface area contributed by atoms with Crippen LogP contribution in [0.2, 0.25) is 0 Å². The van der Waals surface area contributed by atoms with Crippen molar-refractivity contribution < 1.29 is 13.9 Å². The maximum atomic E-state index is 13.9. The van der Waals surface area contributed by atoms with Crippen molar-refractivity contribution >= 4 is 5.78 Å². The average Bonchev–Trinajstić information content (AvgIpc) is 2.46. The molecular weight excluding hydrogens is 243 g/mol. The fourth-order valence-electron chi connectivity index (χ4n) is 3.02. The molecule has 1 fully saturated rings. The van der Waals surface area contributed by atoms with Crippen molar-refractivity contribution in [2.75, 3.05) is 7.11 Å². The van der Waals surface area contributed by atoms with Gasteiger partial charge in [0.2, 0.25) is 0 Å². The Morgan fingerprint density at radius 3 is 2.89 bits per heavy atom. The molecule has 2 atom stereocenters. The SMILES string of the molecule is CCC1CCCC(C(=O)c2c(F)cccc2OC)C1. The molecule has 0 radical (unpaired) electrons. The molecule has 19 heavy (non-hydrogen) atoms. The number of hydrogen-bond donors (Lipinski definition) is 0. The largest absolute Gasteiger partial charge is 0.496 e. The Morgan fingerprint density at radius 2 is 2.21 bits per heavy atom. The van der Waals surface area contributed by atoms with Crippen molar-refractivity contribution in [1.82, 2.24) is 0 Å². The molecule has 0 aromatic heterocycles. The van der Waals surface area contributed by atoms with Crippen molar-refractivity contribution in [1.29, 1.82) is 0 Å². The molecule has 2 nitrogen and oxygen atoms in total. The predicted molar refractivity (Wildman–Crippen MR) is 73.0 cm³/mol. The van der Waals surface area contributed by atoms with Gasteiger partial charge in [-0.3, -0.25) is 4.79 Å². The number of benzene rings is 1. The normalized spacial score (nSPS) is 23.1. The summed E-state index contributed by atoms with van der Waals surface area (Å²) in [6.45, 7) is 2.15. The summed E-state index contributed by atoms with van der Waals surface area (Å²) in [7, 11) is 1.47. The van der Waals surface area contributed by atoms with Gasteiger partial charge in [-0.25, -0.2) is 4.39 Å². The van der Waals surface area contributed by atoms with Gasteiger partial charge in [0.25, 0.3) is 0 Å². The number of halogens is 1. The van der Waals surface area contributed by atoms with Gasteiger partial charge in [0.1, 0.15) is 11.6 Å². The second-order valence-electron chi connectivity index (χ2n) is 5.32. The lowest BCUT2D eigenvalue weighted by Crippen LogP contribution is -2.24. The van der Waals surface area contributed by atoms with E-state index in [2.05, 4.69) is 6.92 Å². The number of carbonyl (C=O) groups is 1. The van der Waals surface area contributed by atoms with Gasteiger partial charge >= 0.3 is 0 Å². The minimum Gasteiger partial charge on any atom is -0.496 e. The van der Waals surface area contributed by atoms with Gasteiger partial charge in [0.05, 0.1) is 12.7 Å². The molecule has 1 aliphatic carbocycles. The van der Waals surface area contributed by atoms with Gasteiger partial charge < -0.3 is 4.74 Å². The summed E-state index contributed by atoms with van der Waals surface area (Å²) in [4.78, 5) is 12.5. The summed E-state index contributed by atoms with van der Waals surface area (Å²) in [5, 5.41) is 0. The molecule has 0 N–H and O–H groups in total. The maximum Gasteiger partial charge on any atom is 0.172 e. The van der Waals surface area contributed by atoms with Crippen LogP contribution in [0.4, 0.5) is 4.39 Å². The lowest BCUT2D eigenvalue weighted by atomic mass is 9.77. The molecule has 0 amide bonds. The molecule has 0 heterocycles. The monoisotopic (exact) mass is 264 g/mol. The van der Waals surface area contributed by atoms with Crippen LogP contribution < -0.4 is 4.74 Å². The van der Waals surface area contributed by atoms with E-state index in [0.29, 0.717) is 11.7 Å². The predicted octanol–water partition coefficient (Wildman–Crippen LogP) is 4.23. The summed E-state index contributed by atoms with van der Waals surface area (Å²) in [5.41, 5.74) is 0.131. The first kappa shape index (κ1) is 14.0. The Hall–Kier alpha value is -1.38. The third kappa shape index (κ3) is 2.96. The van der Waals surface area contributed by atoms with Crippen molar-refractivity contribution in [2.45, 2.75) is 39.0 Å². The number of hydrogen-bond acceptors (Lipinski definition) is 2. The average molecular weight is 264 g/mol. The van der Waals surface area contributed by atoms with Crippen LogP contribution in [0, 0.1) is 17.7 Å². The van der Waals surface area contributed by atoms with E-state index in [4.69, 9.17) is 4.74 Å². The Labute approximate surface area is 114 Å². The molecule has 1 aliphatic rings. The van der Waals surface area contributed by atoms with Crippen LogP contribution in [-0.4, -0.2) is 12.9 Å². The first-order valence-electron chi connectivity index (χ1n) is 7.04. The molecular formula is C16H21FO2. The summed E-state index contributed by atoms with van der Waals surface area (Å²) in [5.74, 6) is 0.338. The number of carbonyl (C=O) groups excluding carboxylic acids is 1. The Balaban J connectivity index is 2.24. The fraction of sp³-hybridized carbons (Fsp3) is 0.562. The number of ketones is 1. The third-order valence-electron chi connectivity index (χ3n) is 4.17. The van der Waals surface area contributed by atoms with Gasteiger partial charge in [-0.1, -0.05) is 32.3 Å². The molecule has 3 heteroatoms. The van der Waals surface area contributed by atoms with Crippen LogP contribution in [-0.2, 0) is 0 Å². The van der Waals surface area contributed by atoms with E-state index in [1.807, 2.05) is 0 Å². The quantitative estimate of drug-likeness (QED) is 0.760. The highest BCUT2D eigenvalue weighted by atomic mass is 19.1. The van der Waals surface area contributed by atoms with Crippen LogP contribution in [0.3, 0.4) is 0 Å². The molecule has 0 aliphatic heterocycles. The first-order valence-corrected chi connectivity index (χ1v) is 7.04. The van der Waals surface area contributed by atoms with E-state index < -0.39 is 5.82 Å². The van der Waals surface area contributed by atoms with Crippen molar-refractivity contribution in [2.24, 2.45) is 11.8 Å². The second-order valence-corrected chi connectivity index (χ2v) is 5.32. The molecule has 1 saturated carbocycles. The smallest absolute Gasteiger partial charge is 0.172 e. The molecule has 2 unspecified atom stereocenters. The van der Waals surface area contributed by atoms with E-state index in [1.165, 1.54) is 19.6 Å². The topological polar surface area (TPSA) is 26.3 Å². The Bertz CT molecular complexity index is 456. The summed E-state index contributed by atoms with van der Waals surface area (Å²) in [6.07, 6.45) is 5.10. The first-order chi connectivity index (χ1) is 9.17. The van der Waals surface area contributed by atoms with Gasteiger partial charge in [-0.05, 0) is 30.9 Å². The number of rotatable bonds is 4. The van der Waals surface area contributed by atoms with Gasteiger partial charge in [0, 0.05) is 5.92 Å². The van der Waals surface area contributed by atoms with Crippen LogP contribution in [0.15, 0.2) is 18.2 Å². The lowest BCUT2D eigenvalue weighted by molar-refractivity contribution is 0.0854. The van der Waals surface area contributed by atoms with E-state index in [-0.39, 0.29) is 17.3 Å². The summed E-state index contributed by atoms with van der Waals surface area (Å²) in [6, 6.07) is 4.55. The van der Waals surface area contributed by atoms with Gasteiger partial charge in [0.15, 0.2) is 5.78 Å². The minimum atomic E-state index is -0.469. The van der Waals surface area contributed by atoms with Crippen LogP contribution in [0.25, 0.3) is 0 Å². The zero-order valence-corrected chi connectivity index (χ0v) is 11.6. The highest BCUT2D eigenvalue weighted by Gasteiger charge is 2.30.